The van der Waals surface area contributed by atoms with Gasteiger partial charge in [-0.05, 0) is 25.3 Å². The van der Waals surface area contributed by atoms with E-state index in [1.165, 1.54) is 14.2 Å². The molecule has 2 rings (SSSR count). The molecule has 1 aromatic heterocycles. The van der Waals surface area contributed by atoms with Crippen molar-refractivity contribution in [1.29, 1.82) is 0 Å². The van der Waals surface area contributed by atoms with E-state index in [-0.39, 0.29) is 15.4 Å². The van der Waals surface area contributed by atoms with Crippen molar-refractivity contribution in [3.63, 3.8) is 0 Å². The fraction of sp³-hybridized carbons (Fsp3) is 0.529. The number of rotatable bonds is 5. The summed E-state index contributed by atoms with van der Waals surface area (Å²) in [6.07, 6.45) is 2.43. The molecule has 142 valence electrons. The minimum absolute atomic E-state index is 0.0777. The third-order valence-corrected chi connectivity index (χ3v) is 5.75. The number of nitrogens with one attached hydrogen (secondary N) is 1. The molecule has 1 heterocycles. The first kappa shape index (κ1) is 19.9. The molecule has 1 amide bonds. The zero-order valence-corrected chi connectivity index (χ0v) is 15.6. The number of amides is 1. The predicted molar refractivity (Wildman–Crippen MR) is 93.4 cm³/mol. The summed E-state index contributed by atoms with van der Waals surface area (Å²) < 4.78 is 9.44. The molecule has 26 heavy (non-hydrogen) atoms. The summed E-state index contributed by atoms with van der Waals surface area (Å²) in [5.74, 6) is -4.24. The standard InChI is InChI=1S/C17H21NO7S/c1-8-11(16(22)24-2)14(26-12(8)17(23)25-3)18-13(19)9-6-4-5-7-10(9)15(20)21/h9-10H,4-7H2,1-3H3,(H,18,19)(H,20,21)/t9-,10+/m1/s1. The summed E-state index contributed by atoms with van der Waals surface area (Å²) in [4.78, 5) is 48.3. The van der Waals surface area contributed by atoms with Crippen LogP contribution in [0.25, 0.3) is 0 Å². The third-order valence-electron chi connectivity index (χ3n) is 4.56. The molecule has 1 aliphatic rings. The maximum Gasteiger partial charge on any atom is 0.348 e. The number of ether oxygens (including phenoxy) is 2. The van der Waals surface area contributed by atoms with Gasteiger partial charge in [-0.2, -0.15) is 0 Å². The lowest BCUT2D eigenvalue weighted by atomic mass is 9.79. The summed E-state index contributed by atoms with van der Waals surface area (Å²) in [6.45, 7) is 1.56. The summed E-state index contributed by atoms with van der Waals surface area (Å²) in [5, 5.41) is 12.1. The minimum atomic E-state index is -1.00. The van der Waals surface area contributed by atoms with Gasteiger partial charge in [-0.1, -0.05) is 12.8 Å². The van der Waals surface area contributed by atoms with E-state index in [4.69, 9.17) is 9.47 Å². The van der Waals surface area contributed by atoms with E-state index in [1.54, 1.807) is 6.92 Å². The number of esters is 2. The quantitative estimate of drug-likeness (QED) is 0.750. The van der Waals surface area contributed by atoms with Crippen molar-refractivity contribution in [3.8, 4) is 0 Å². The van der Waals surface area contributed by atoms with Crippen LogP contribution in [-0.2, 0) is 19.1 Å². The summed E-state index contributed by atoms with van der Waals surface area (Å²) in [5.41, 5.74) is 0.427. The predicted octanol–water partition coefficient (Wildman–Crippen LogP) is 2.46. The molecule has 0 radical (unpaired) electrons. The van der Waals surface area contributed by atoms with Gasteiger partial charge in [0.05, 0.1) is 31.6 Å². The highest BCUT2D eigenvalue weighted by atomic mass is 32.1. The maximum atomic E-state index is 12.7. The highest BCUT2D eigenvalue weighted by molar-refractivity contribution is 7.18. The van der Waals surface area contributed by atoms with Crippen molar-refractivity contribution in [2.75, 3.05) is 19.5 Å². The van der Waals surface area contributed by atoms with Crippen LogP contribution in [0.2, 0.25) is 0 Å². The van der Waals surface area contributed by atoms with Crippen molar-refractivity contribution in [2.45, 2.75) is 32.6 Å². The van der Waals surface area contributed by atoms with Crippen LogP contribution in [0.5, 0.6) is 0 Å². The maximum absolute atomic E-state index is 12.7. The van der Waals surface area contributed by atoms with E-state index in [2.05, 4.69) is 5.32 Å². The van der Waals surface area contributed by atoms with E-state index in [9.17, 15) is 24.3 Å². The Hall–Kier alpha value is -2.42. The molecule has 1 aromatic rings. The van der Waals surface area contributed by atoms with Crippen LogP contribution >= 0.6 is 11.3 Å². The molecule has 1 aliphatic carbocycles. The van der Waals surface area contributed by atoms with Gasteiger partial charge in [0.1, 0.15) is 9.88 Å². The number of thiophene rings is 1. The summed E-state index contributed by atoms with van der Waals surface area (Å²) >= 11 is 0.910. The molecule has 0 spiro atoms. The van der Waals surface area contributed by atoms with Gasteiger partial charge in [-0.25, -0.2) is 9.59 Å². The highest BCUT2D eigenvalue weighted by Gasteiger charge is 2.37. The third kappa shape index (κ3) is 3.87. The fourth-order valence-corrected chi connectivity index (χ4v) is 4.30. The smallest absolute Gasteiger partial charge is 0.348 e. The van der Waals surface area contributed by atoms with Gasteiger partial charge < -0.3 is 19.9 Å². The number of aliphatic carboxylic acids is 1. The number of carboxylic acid groups (broad SMARTS) is 1. The van der Waals surface area contributed by atoms with Crippen LogP contribution in [0.3, 0.4) is 0 Å². The van der Waals surface area contributed by atoms with Crippen molar-refractivity contribution in [1.82, 2.24) is 0 Å². The lowest BCUT2D eigenvalue weighted by Crippen LogP contribution is -2.36. The fourth-order valence-electron chi connectivity index (χ4n) is 3.18. The molecule has 0 bridgehead atoms. The van der Waals surface area contributed by atoms with E-state index in [1.807, 2.05) is 0 Å². The first-order valence-electron chi connectivity index (χ1n) is 8.15. The summed E-state index contributed by atoms with van der Waals surface area (Å²) in [6, 6.07) is 0. The number of carbonyl (C=O) groups excluding carboxylic acids is 3. The number of methoxy groups -OCH3 is 2. The topological polar surface area (TPSA) is 119 Å². The molecule has 1 fully saturated rings. The first-order chi connectivity index (χ1) is 12.3. The number of hydrogen-bond donors (Lipinski definition) is 2. The molecule has 2 atom stereocenters. The summed E-state index contributed by atoms with van der Waals surface area (Å²) in [7, 11) is 2.42. The first-order valence-corrected chi connectivity index (χ1v) is 8.97. The number of hydrogen-bond acceptors (Lipinski definition) is 7. The normalized spacial score (nSPS) is 19.5. The second kappa shape index (κ2) is 8.31. The van der Waals surface area contributed by atoms with Gasteiger partial charge in [0.2, 0.25) is 5.91 Å². The Kier molecular flexibility index (Phi) is 6.36. The lowest BCUT2D eigenvalue weighted by molar-refractivity contribution is -0.147. The van der Waals surface area contributed by atoms with Gasteiger partial charge in [0.25, 0.3) is 0 Å². The zero-order chi connectivity index (χ0) is 19.4. The van der Waals surface area contributed by atoms with Gasteiger partial charge >= 0.3 is 17.9 Å². The van der Waals surface area contributed by atoms with E-state index >= 15 is 0 Å². The molecule has 0 aliphatic heterocycles. The SMILES string of the molecule is COC(=O)c1sc(NC(=O)[C@@H]2CCCC[C@@H]2C(=O)O)c(C(=O)OC)c1C. The van der Waals surface area contributed by atoms with Crippen LogP contribution < -0.4 is 5.32 Å². The Labute approximate surface area is 154 Å². The Balaban J connectivity index is 2.35. The number of carbonyl (C=O) groups is 4. The lowest BCUT2D eigenvalue weighted by Gasteiger charge is -2.27. The minimum Gasteiger partial charge on any atom is -0.481 e. The number of carboxylic acids is 1. The van der Waals surface area contributed by atoms with Crippen LogP contribution in [-0.4, -0.2) is 43.1 Å². The Bertz CT molecular complexity index is 740. The molecular weight excluding hydrogens is 362 g/mol. The zero-order valence-electron chi connectivity index (χ0n) is 14.8. The van der Waals surface area contributed by atoms with E-state index in [0.717, 1.165) is 24.2 Å². The molecule has 0 aromatic carbocycles. The number of anilines is 1. The van der Waals surface area contributed by atoms with Crippen LogP contribution in [0.1, 0.15) is 51.3 Å². The van der Waals surface area contributed by atoms with Crippen molar-refractivity contribution in [2.24, 2.45) is 11.8 Å². The van der Waals surface area contributed by atoms with Crippen molar-refractivity contribution < 1.29 is 33.8 Å². The molecular formula is C17H21NO7S. The molecule has 0 unspecified atom stereocenters. The van der Waals surface area contributed by atoms with Crippen LogP contribution in [0, 0.1) is 18.8 Å². The van der Waals surface area contributed by atoms with Gasteiger partial charge in [-0.3, -0.25) is 9.59 Å². The van der Waals surface area contributed by atoms with Crippen LogP contribution in [0.4, 0.5) is 5.00 Å². The molecule has 0 saturated heterocycles. The Morgan fingerprint density at radius 1 is 1.04 bits per heavy atom. The van der Waals surface area contributed by atoms with Crippen molar-refractivity contribution >= 4 is 40.2 Å². The Morgan fingerprint density at radius 3 is 2.15 bits per heavy atom. The second-order valence-corrected chi connectivity index (χ2v) is 7.09. The Morgan fingerprint density at radius 2 is 1.62 bits per heavy atom. The average molecular weight is 383 g/mol. The van der Waals surface area contributed by atoms with Crippen LogP contribution in [0.15, 0.2) is 0 Å². The van der Waals surface area contributed by atoms with Gasteiger partial charge in [0, 0.05) is 0 Å². The van der Waals surface area contributed by atoms with Gasteiger partial charge in [-0.15, -0.1) is 11.3 Å². The van der Waals surface area contributed by atoms with E-state index in [0.29, 0.717) is 18.4 Å². The second-order valence-electron chi connectivity index (χ2n) is 6.07. The monoisotopic (exact) mass is 383 g/mol. The van der Waals surface area contributed by atoms with E-state index < -0.39 is 35.7 Å². The van der Waals surface area contributed by atoms with Crippen molar-refractivity contribution in [3.05, 3.63) is 16.0 Å². The highest BCUT2D eigenvalue weighted by Crippen LogP contribution is 2.36. The van der Waals surface area contributed by atoms with Gasteiger partial charge in [0.15, 0.2) is 0 Å². The molecule has 1 saturated carbocycles. The molecule has 8 nitrogen and oxygen atoms in total. The average Bonchev–Trinajstić information content (AvgIpc) is 2.96. The largest absolute Gasteiger partial charge is 0.481 e. The molecule has 9 heteroatoms. The molecule has 2 N–H and O–H groups in total.